The van der Waals surface area contributed by atoms with Gasteiger partial charge in [0.25, 0.3) is 5.91 Å². The standard InChI is InChI=1S/C13H20N2O4/c1-7(14-12(17)13(3,4)5)10-6-9(8(2)19-10)11(16)15-18/h6-7,18H,1-5H3,(H,14,17)(H,15,16)/t7-/m0/s1. The lowest BCUT2D eigenvalue weighted by Crippen LogP contribution is -2.36. The van der Waals surface area contributed by atoms with Crippen molar-refractivity contribution < 1.29 is 19.2 Å². The van der Waals surface area contributed by atoms with E-state index in [-0.39, 0.29) is 17.5 Å². The summed E-state index contributed by atoms with van der Waals surface area (Å²) in [6.45, 7) is 8.82. The molecule has 0 saturated heterocycles. The number of rotatable bonds is 3. The van der Waals surface area contributed by atoms with Crippen LogP contribution in [0.4, 0.5) is 0 Å². The Kier molecular flexibility index (Phi) is 4.36. The Balaban J connectivity index is 2.87. The quantitative estimate of drug-likeness (QED) is 0.577. The molecule has 0 saturated carbocycles. The van der Waals surface area contributed by atoms with Gasteiger partial charge in [-0.3, -0.25) is 14.8 Å². The molecule has 0 radical (unpaired) electrons. The second-order valence-electron chi connectivity index (χ2n) is 5.50. The highest BCUT2D eigenvalue weighted by atomic mass is 16.5. The van der Waals surface area contributed by atoms with Gasteiger partial charge in [0, 0.05) is 5.41 Å². The van der Waals surface area contributed by atoms with Crippen LogP contribution >= 0.6 is 0 Å². The summed E-state index contributed by atoms with van der Waals surface area (Å²) in [5.41, 5.74) is 1.30. The summed E-state index contributed by atoms with van der Waals surface area (Å²) in [6, 6.07) is 1.15. The van der Waals surface area contributed by atoms with E-state index in [1.165, 1.54) is 6.07 Å². The average molecular weight is 268 g/mol. The van der Waals surface area contributed by atoms with Crippen LogP contribution in [0.3, 0.4) is 0 Å². The number of amides is 2. The van der Waals surface area contributed by atoms with Crippen LogP contribution in [0.1, 0.15) is 55.6 Å². The molecule has 0 spiro atoms. The molecule has 0 bridgehead atoms. The normalized spacial score (nSPS) is 12.9. The van der Waals surface area contributed by atoms with Gasteiger partial charge in [-0.1, -0.05) is 20.8 Å². The number of furan rings is 1. The molecule has 1 aromatic rings. The highest BCUT2D eigenvalue weighted by Crippen LogP contribution is 2.22. The molecule has 0 aromatic carbocycles. The zero-order valence-corrected chi connectivity index (χ0v) is 11.8. The molecule has 3 N–H and O–H groups in total. The van der Waals surface area contributed by atoms with E-state index in [2.05, 4.69) is 5.32 Å². The van der Waals surface area contributed by atoms with Gasteiger partial charge in [0.05, 0.1) is 11.6 Å². The van der Waals surface area contributed by atoms with E-state index in [1.807, 2.05) is 20.8 Å². The fourth-order valence-electron chi connectivity index (χ4n) is 1.49. The molecule has 6 heteroatoms. The van der Waals surface area contributed by atoms with E-state index in [0.29, 0.717) is 11.5 Å². The lowest BCUT2D eigenvalue weighted by Gasteiger charge is -2.20. The maximum absolute atomic E-state index is 11.9. The van der Waals surface area contributed by atoms with Gasteiger partial charge in [-0.2, -0.15) is 0 Å². The Morgan fingerprint density at radius 2 is 1.95 bits per heavy atom. The van der Waals surface area contributed by atoms with E-state index in [9.17, 15) is 9.59 Å². The lowest BCUT2D eigenvalue weighted by atomic mass is 9.95. The molecule has 0 unspecified atom stereocenters. The Labute approximate surface area is 112 Å². The zero-order chi connectivity index (χ0) is 14.8. The van der Waals surface area contributed by atoms with E-state index >= 15 is 0 Å². The van der Waals surface area contributed by atoms with Gasteiger partial charge in [0.2, 0.25) is 5.91 Å². The summed E-state index contributed by atoms with van der Waals surface area (Å²) in [6.07, 6.45) is 0. The van der Waals surface area contributed by atoms with Gasteiger partial charge < -0.3 is 9.73 Å². The minimum atomic E-state index is -0.637. The van der Waals surface area contributed by atoms with Crippen LogP contribution < -0.4 is 10.8 Å². The summed E-state index contributed by atoms with van der Waals surface area (Å²) < 4.78 is 5.43. The molecule has 0 fully saturated rings. The Morgan fingerprint density at radius 3 is 2.42 bits per heavy atom. The summed E-state index contributed by atoms with van der Waals surface area (Å²) in [4.78, 5) is 23.2. The van der Waals surface area contributed by atoms with Crippen molar-refractivity contribution in [2.75, 3.05) is 0 Å². The van der Waals surface area contributed by atoms with Crippen LogP contribution in [0.5, 0.6) is 0 Å². The third-order valence-electron chi connectivity index (χ3n) is 2.74. The first kappa shape index (κ1) is 15.2. The first-order valence-electron chi connectivity index (χ1n) is 6.02. The SMILES string of the molecule is Cc1oc([C@H](C)NC(=O)C(C)(C)C)cc1C(=O)NO. The Morgan fingerprint density at radius 1 is 1.37 bits per heavy atom. The van der Waals surface area contributed by atoms with Crippen LogP contribution in [0.25, 0.3) is 0 Å². The lowest BCUT2D eigenvalue weighted by molar-refractivity contribution is -0.129. The van der Waals surface area contributed by atoms with Crippen molar-refractivity contribution in [3.8, 4) is 0 Å². The molecule has 106 valence electrons. The second kappa shape index (κ2) is 5.44. The van der Waals surface area contributed by atoms with Crippen molar-refractivity contribution in [1.82, 2.24) is 10.8 Å². The van der Waals surface area contributed by atoms with Crippen molar-refractivity contribution >= 4 is 11.8 Å². The predicted molar refractivity (Wildman–Crippen MR) is 68.7 cm³/mol. The summed E-state index contributed by atoms with van der Waals surface area (Å²) in [7, 11) is 0. The van der Waals surface area contributed by atoms with Crippen LogP contribution in [0.2, 0.25) is 0 Å². The number of nitrogens with one attached hydrogen (secondary N) is 2. The number of hydroxylamine groups is 1. The molecule has 0 aliphatic heterocycles. The molecule has 1 rings (SSSR count). The van der Waals surface area contributed by atoms with Gasteiger partial charge in [-0.25, -0.2) is 5.48 Å². The fourth-order valence-corrected chi connectivity index (χ4v) is 1.49. The van der Waals surface area contributed by atoms with Crippen molar-refractivity contribution in [2.24, 2.45) is 5.41 Å². The third kappa shape index (κ3) is 3.57. The monoisotopic (exact) mass is 268 g/mol. The van der Waals surface area contributed by atoms with Crippen molar-refractivity contribution in [1.29, 1.82) is 0 Å². The first-order valence-corrected chi connectivity index (χ1v) is 6.02. The molecular formula is C13H20N2O4. The maximum atomic E-state index is 11.9. The van der Waals surface area contributed by atoms with E-state index in [1.54, 1.807) is 19.3 Å². The fraction of sp³-hybridized carbons (Fsp3) is 0.538. The minimum absolute atomic E-state index is 0.109. The number of aryl methyl sites for hydroxylation is 1. The maximum Gasteiger partial charge on any atom is 0.278 e. The van der Waals surface area contributed by atoms with E-state index < -0.39 is 11.3 Å². The predicted octanol–water partition coefficient (Wildman–Crippen LogP) is 1.93. The van der Waals surface area contributed by atoms with E-state index in [4.69, 9.17) is 9.62 Å². The molecule has 6 nitrogen and oxygen atoms in total. The highest BCUT2D eigenvalue weighted by molar-refractivity contribution is 5.94. The summed E-state index contributed by atoms with van der Waals surface area (Å²) >= 11 is 0. The Hall–Kier alpha value is -1.82. The molecule has 1 heterocycles. The van der Waals surface area contributed by atoms with Crippen molar-refractivity contribution in [2.45, 2.75) is 40.7 Å². The minimum Gasteiger partial charge on any atom is -0.463 e. The van der Waals surface area contributed by atoms with Gasteiger partial charge in [-0.05, 0) is 19.9 Å². The number of carbonyl (C=O) groups excluding carboxylic acids is 2. The van der Waals surface area contributed by atoms with Crippen molar-refractivity contribution in [3.63, 3.8) is 0 Å². The largest absolute Gasteiger partial charge is 0.463 e. The van der Waals surface area contributed by atoms with Crippen LogP contribution in [0, 0.1) is 12.3 Å². The molecule has 0 aliphatic carbocycles. The number of carbonyl (C=O) groups is 2. The highest BCUT2D eigenvalue weighted by Gasteiger charge is 2.25. The first-order chi connectivity index (χ1) is 8.66. The van der Waals surface area contributed by atoms with Crippen LogP contribution in [0.15, 0.2) is 10.5 Å². The van der Waals surface area contributed by atoms with Crippen LogP contribution in [-0.2, 0) is 4.79 Å². The molecule has 1 aromatic heterocycles. The van der Waals surface area contributed by atoms with E-state index in [0.717, 1.165) is 0 Å². The smallest absolute Gasteiger partial charge is 0.278 e. The van der Waals surface area contributed by atoms with Gasteiger partial charge in [0.1, 0.15) is 11.5 Å². The van der Waals surface area contributed by atoms with Gasteiger partial charge in [-0.15, -0.1) is 0 Å². The van der Waals surface area contributed by atoms with Gasteiger partial charge in [0.15, 0.2) is 0 Å². The number of hydrogen-bond acceptors (Lipinski definition) is 4. The molecular weight excluding hydrogens is 248 g/mol. The average Bonchev–Trinajstić information content (AvgIpc) is 2.69. The third-order valence-corrected chi connectivity index (χ3v) is 2.74. The molecule has 1 atom stereocenters. The Bertz CT molecular complexity index is 485. The van der Waals surface area contributed by atoms with Crippen LogP contribution in [-0.4, -0.2) is 17.0 Å². The summed E-state index contributed by atoms with van der Waals surface area (Å²) in [5, 5.41) is 11.4. The number of hydrogen-bond donors (Lipinski definition) is 3. The zero-order valence-electron chi connectivity index (χ0n) is 11.8. The topological polar surface area (TPSA) is 91.6 Å². The molecule has 2 amide bonds. The summed E-state index contributed by atoms with van der Waals surface area (Å²) in [5.74, 6) is 0.108. The molecule has 0 aliphatic rings. The molecule has 19 heavy (non-hydrogen) atoms. The second-order valence-corrected chi connectivity index (χ2v) is 5.50. The van der Waals surface area contributed by atoms with Gasteiger partial charge >= 0.3 is 0 Å². The van der Waals surface area contributed by atoms with Crippen molar-refractivity contribution in [3.05, 3.63) is 23.2 Å².